The van der Waals surface area contributed by atoms with Crippen LogP contribution in [0.2, 0.25) is 0 Å². The fraction of sp³-hybridized carbons (Fsp3) is 0.200. The van der Waals surface area contributed by atoms with Crippen LogP contribution in [0, 0.1) is 0 Å². The average molecular weight is 300 g/mol. The highest BCUT2D eigenvalue weighted by Crippen LogP contribution is 2.27. The lowest BCUT2D eigenvalue weighted by molar-refractivity contribution is 0.0957. The first-order valence-corrected chi connectivity index (χ1v) is 7.57. The molecule has 0 atom stereocenters. The Morgan fingerprint density at radius 1 is 1.38 bits per heavy atom. The molecule has 5 nitrogen and oxygen atoms in total. The molecule has 6 heteroatoms. The lowest BCUT2D eigenvalue weighted by Crippen LogP contribution is -2.24. The van der Waals surface area contributed by atoms with Crippen LogP contribution in [-0.4, -0.2) is 22.0 Å². The van der Waals surface area contributed by atoms with E-state index in [9.17, 15) is 4.79 Å². The third-order valence-corrected chi connectivity index (χ3v) is 4.32. The van der Waals surface area contributed by atoms with Crippen molar-refractivity contribution in [3.8, 4) is 0 Å². The zero-order valence-electron chi connectivity index (χ0n) is 11.5. The van der Waals surface area contributed by atoms with Crippen molar-refractivity contribution >= 4 is 33.0 Å². The zero-order chi connectivity index (χ0) is 14.7. The molecule has 3 N–H and O–H groups in total. The van der Waals surface area contributed by atoms with Gasteiger partial charge < -0.3 is 15.6 Å². The molecule has 0 unspecified atom stereocenters. The molecule has 0 aliphatic rings. The van der Waals surface area contributed by atoms with Gasteiger partial charge in [0.2, 0.25) is 0 Å². The Hall–Kier alpha value is -2.34. The Balaban J connectivity index is 1.56. The number of hydrogen-bond donors (Lipinski definition) is 2. The third kappa shape index (κ3) is 3.22. The number of nitrogens with two attached hydrogens (primary N) is 1. The predicted octanol–water partition coefficient (Wildman–Crippen LogP) is 2.50. The van der Waals surface area contributed by atoms with E-state index in [2.05, 4.69) is 10.3 Å². The van der Waals surface area contributed by atoms with Crippen LogP contribution in [-0.2, 0) is 6.54 Å². The summed E-state index contributed by atoms with van der Waals surface area (Å²) < 4.78 is 3.07. The van der Waals surface area contributed by atoms with Gasteiger partial charge in [0.05, 0.1) is 11.2 Å². The van der Waals surface area contributed by atoms with Gasteiger partial charge in [0.15, 0.2) is 0 Å². The summed E-state index contributed by atoms with van der Waals surface area (Å²) in [6.07, 6.45) is 6.32. The number of rotatable bonds is 5. The van der Waals surface area contributed by atoms with Gasteiger partial charge in [-0.3, -0.25) is 4.79 Å². The van der Waals surface area contributed by atoms with E-state index in [0.717, 1.165) is 27.9 Å². The van der Waals surface area contributed by atoms with Crippen molar-refractivity contribution in [1.82, 2.24) is 14.9 Å². The number of aromatic nitrogens is 2. The first kappa shape index (κ1) is 13.6. The second-order valence-electron chi connectivity index (χ2n) is 4.82. The second-order valence-corrected chi connectivity index (χ2v) is 5.90. The van der Waals surface area contributed by atoms with Gasteiger partial charge in [0.1, 0.15) is 0 Å². The number of carbonyl (C=O) groups is 1. The Morgan fingerprint density at radius 2 is 2.29 bits per heavy atom. The van der Waals surface area contributed by atoms with Crippen LogP contribution in [0.4, 0.5) is 5.69 Å². The van der Waals surface area contributed by atoms with Crippen molar-refractivity contribution in [2.75, 3.05) is 12.3 Å². The molecular weight excluding hydrogens is 284 g/mol. The quantitative estimate of drug-likeness (QED) is 0.561. The van der Waals surface area contributed by atoms with Crippen molar-refractivity contribution in [1.29, 1.82) is 0 Å². The van der Waals surface area contributed by atoms with Gasteiger partial charge in [-0.1, -0.05) is 0 Å². The summed E-state index contributed by atoms with van der Waals surface area (Å²) in [7, 11) is 0. The Kier molecular flexibility index (Phi) is 3.87. The van der Waals surface area contributed by atoms with E-state index >= 15 is 0 Å². The number of thiophene rings is 1. The van der Waals surface area contributed by atoms with E-state index in [4.69, 9.17) is 5.73 Å². The van der Waals surface area contributed by atoms with E-state index in [-0.39, 0.29) is 5.91 Å². The molecule has 0 aliphatic carbocycles. The number of amides is 1. The minimum Gasteiger partial charge on any atom is -0.399 e. The van der Waals surface area contributed by atoms with Gasteiger partial charge in [-0.05, 0) is 36.1 Å². The van der Waals surface area contributed by atoms with Crippen LogP contribution < -0.4 is 11.1 Å². The van der Waals surface area contributed by atoms with Gasteiger partial charge in [-0.2, -0.15) is 0 Å². The SMILES string of the molecule is Nc1ccc2sc(C(=O)NCCCn3ccnc3)cc2c1. The van der Waals surface area contributed by atoms with Crippen LogP contribution in [0.1, 0.15) is 16.1 Å². The molecule has 1 aromatic carbocycles. The highest BCUT2D eigenvalue weighted by atomic mass is 32.1. The number of imidazole rings is 1. The maximum atomic E-state index is 12.1. The van der Waals surface area contributed by atoms with Gasteiger partial charge >= 0.3 is 0 Å². The molecule has 108 valence electrons. The molecule has 3 aromatic rings. The summed E-state index contributed by atoms with van der Waals surface area (Å²) in [5.74, 6) is -0.0274. The first-order chi connectivity index (χ1) is 10.2. The summed E-state index contributed by atoms with van der Waals surface area (Å²) in [6.45, 7) is 1.50. The molecule has 1 amide bonds. The number of hydrogen-bond acceptors (Lipinski definition) is 4. The average Bonchev–Trinajstić information content (AvgIpc) is 3.11. The Morgan fingerprint density at radius 3 is 3.10 bits per heavy atom. The van der Waals surface area contributed by atoms with Crippen LogP contribution in [0.3, 0.4) is 0 Å². The molecule has 0 saturated carbocycles. The van der Waals surface area contributed by atoms with Gasteiger partial charge in [0.25, 0.3) is 5.91 Å². The number of benzene rings is 1. The number of nitrogens with zero attached hydrogens (tertiary/aromatic N) is 2. The molecule has 0 fully saturated rings. The summed E-state index contributed by atoms with van der Waals surface area (Å²) in [4.78, 5) is 16.8. The predicted molar refractivity (Wildman–Crippen MR) is 85.4 cm³/mol. The van der Waals surface area contributed by atoms with E-state index in [1.54, 1.807) is 12.5 Å². The number of carbonyl (C=O) groups excluding carboxylic acids is 1. The van der Waals surface area contributed by atoms with Crippen molar-refractivity contribution in [3.05, 3.63) is 47.9 Å². The summed E-state index contributed by atoms with van der Waals surface area (Å²) >= 11 is 1.49. The minimum absolute atomic E-state index is 0.0274. The maximum absolute atomic E-state index is 12.1. The van der Waals surface area contributed by atoms with E-state index in [0.29, 0.717) is 12.2 Å². The number of nitrogen functional groups attached to an aromatic ring is 1. The first-order valence-electron chi connectivity index (χ1n) is 6.75. The van der Waals surface area contributed by atoms with E-state index in [1.165, 1.54) is 11.3 Å². The van der Waals surface area contributed by atoms with Crippen molar-refractivity contribution in [2.24, 2.45) is 0 Å². The normalized spacial score (nSPS) is 10.9. The molecule has 0 bridgehead atoms. The highest BCUT2D eigenvalue weighted by Gasteiger charge is 2.09. The largest absolute Gasteiger partial charge is 0.399 e. The van der Waals surface area contributed by atoms with E-state index < -0.39 is 0 Å². The minimum atomic E-state index is -0.0274. The van der Waals surface area contributed by atoms with Gasteiger partial charge in [-0.25, -0.2) is 4.98 Å². The molecule has 0 aliphatic heterocycles. The van der Waals surface area contributed by atoms with Crippen LogP contribution in [0.25, 0.3) is 10.1 Å². The standard InChI is InChI=1S/C15H16N4OS/c16-12-2-3-13-11(8-12)9-14(21-13)15(20)18-4-1-6-19-7-5-17-10-19/h2-3,5,7-10H,1,4,6,16H2,(H,18,20). The van der Waals surface area contributed by atoms with Crippen molar-refractivity contribution in [2.45, 2.75) is 13.0 Å². The smallest absolute Gasteiger partial charge is 0.261 e. The van der Waals surface area contributed by atoms with Crippen molar-refractivity contribution < 1.29 is 4.79 Å². The third-order valence-electron chi connectivity index (χ3n) is 3.20. The molecular formula is C15H16N4OS. The number of aryl methyl sites for hydroxylation is 1. The van der Waals surface area contributed by atoms with Crippen LogP contribution >= 0.6 is 11.3 Å². The topological polar surface area (TPSA) is 72.9 Å². The number of anilines is 1. The Bertz CT molecular complexity index is 748. The molecule has 21 heavy (non-hydrogen) atoms. The monoisotopic (exact) mass is 300 g/mol. The lowest BCUT2D eigenvalue weighted by Gasteiger charge is -2.04. The van der Waals surface area contributed by atoms with E-state index in [1.807, 2.05) is 35.0 Å². The van der Waals surface area contributed by atoms with Gasteiger partial charge in [0, 0.05) is 35.9 Å². The fourth-order valence-electron chi connectivity index (χ4n) is 2.14. The molecule has 0 saturated heterocycles. The van der Waals surface area contributed by atoms with Crippen LogP contribution in [0.5, 0.6) is 0 Å². The zero-order valence-corrected chi connectivity index (χ0v) is 12.3. The summed E-state index contributed by atoms with van der Waals surface area (Å²) in [5.41, 5.74) is 6.47. The summed E-state index contributed by atoms with van der Waals surface area (Å²) in [6, 6.07) is 7.58. The molecule has 2 heterocycles. The van der Waals surface area contributed by atoms with Crippen LogP contribution in [0.15, 0.2) is 43.0 Å². The molecule has 2 aromatic heterocycles. The fourth-order valence-corrected chi connectivity index (χ4v) is 3.10. The Labute approximate surface area is 126 Å². The lowest BCUT2D eigenvalue weighted by atomic mass is 10.2. The molecule has 3 rings (SSSR count). The van der Waals surface area contributed by atoms with Crippen molar-refractivity contribution in [3.63, 3.8) is 0 Å². The molecule has 0 spiro atoms. The highest BCUT2D eigenvalue weighted by molar-refractivity contribution is 7.20. The molecule has 0 radical (unpaired) electrons. The second kappa shape index (κ2) is 5.97. The number of fused-ring (bicyclic) bond motifs is 1. The maximum Gasteiger partial charge on any atom is 0.261 e. The summed E-state index contributed by atoms with van der Waals surface area (Å²) in [5, 5.41) is 3.96. The van der Waals surface area contributed by atoms with Gasteiger partial charge in [-0.15, -0.1) is 11.3 Å². The number of nitrogens with one attached hydrogen (secondary N) is 1.